The molecule has 5 nitrogen and oxygen atoms in total. The zero-order chi connectivity index (χ0) is 18.2. The van der Waals surface area contributed by atoms with Gasteiger partial charge in [0, 0.05) is 30.9 Å². The first-order chi connectivity index (χ1) is 12.7. The van der Waals surface area contributed by atoms with Crippen molar-refractivity contribution in [2.45, 2.75) is 57.9 Å². The molecule has 1 saturated carbocycles. The number of benzene rings is 1. The van der Waals surface area contributed by atoms with Crippen LogP contribution in [0.5, 0.6) is 5.75 Å². The maximum Gasteiger partial charge on any atom is 0.257 e. The molecule has 5 heteroatoms. The summed E-state index contributed by atoms with van der Waals surface area (Å²) in [6.07, 6.45) is 10.5. The number of rotatable bonds is 7. The Labute approximate surface area is 155 Å². The maximum absolute atomic E-state index is 12.0. The third kappa shape index (κ3) is 5.10. The highest BCUT2D eigenvalue weighted by Crippen LogP contribution is 2.29. The van der Waals surface area contributed by atoms with Gasteiger partial charge in [0.15, 0.2) is 6.61 Å². The van der Waals surface area contributed by atoms with Crippen molar-refractivity contribution >= 4 is 5.91 Å². The molecule has 1 aromatic carbocycles. The molecule has 1 aliphatic carbocycles. The smallest absolute Gasteiger partial charge is 0.257 e. The van der Waals surface area contributed by atoms with Crippen LogP contribution >= 0.6 is 0 Å². The Kier molecular flexibility index (Phi) is 6.69. The Morgan fingerprint density at radius 3 is 2.65 bits per heavy atom. The molecule has 0 bridgehead atoms. The van der Waals surface area contributed by atoms with Crippen LogP contribution in [-0.4, -0.2) is 28.6 Å². The molecule has 1 aromatic heterocycles. The zero-order valence-electron chi connectivity index (χ0n) is 15.6. The van der Waals surface area contributed by atoms with Crippen molar-refractivity contribution in [2.75, 3.05) is 13.2 Å². The minimum absolute atomic E-state index is 0.0418. The van der Waals surface area contributed by atoms with Crippen molar-refractivity contribution in [1.29, 1.82) is 0 Å². The molecule has 1 fully saturated rings. The van der Waals surface area contributed by atoms with Gasteiger partial charge in [0.1, 0.15) is 11.6 Å². The lowest BCUT2D eigenvalue weighted by Gasteiger charge is -2.21. The van der Waals surface area contributed by atoms with Gasteiger partial charge in [0.2, 0.25) is 0 Å². The summed E-state index contributed by atoms with van der Waals surface area (Å²) in [5, 5.41) is 2.94. The van der Waals surface area contributed by atoms with Gasteiger partial charge in [0.25, 0.3) is 5.91 Å². The van der Waals surface area contributed by atoms with E-state index in [1.165, 1.54) is 44.2 Å². The fraction of sp³-hybridized carbons (Fsp3) is 0.524. The minimum atomic E-state index is -0.0989. The van der Waals surface area contributed by atoms with Crippen molar-refractivity contribution in [3.63, 3.8) is 0 Å². The molecule has 3 rings (SSSR count). The van der Waals surface area contributed by atoms with E-state index in [9.17, 15) is 4.79 Å². The highest BCUT2D eigenvalue weighted by Gasteiger charge is 2.19. The number of hydrogen-bond acceptors (Lipinski definition) is 3. The molecule has 1 heterocycles. The van der Waals surface area contributed by atoms with E-state index in [0.29, 0.717) is 18.3 Å². The minimum Gasteiger partial charge on any atom is -0.484 e. The Hall–Kier alpha value is -2.30. The van der Waals surface area contributed by atoms with E-state index in [2.05, 4.69) is 21.8 Å². The summed E-state index contributed by atoms with van der Waals surface area (Å²) in [5.74, 6) is 1.69. The molecule has 1 N–H and O–H groups in total. The van der Waals surface area contributed by atoms with Crippen LogP contribution < -0.4 is 10.1 Å². The molecule has 140 valence electrons. The second-order valence-electron chi connectivity index (χ2n) is 7.03. The number of para-hydroxylation sites is 1. The third-order valence-corrected chi connectivity index (χ3v) is 5.03. The number of ether oxygens (including phenoxy) is 1. The SMILES string of the molecule is Cc1cnc(CCNC(=O)COc2ccccc2)n1C1CCCCCC1. The number of nitrogens with zero attached hydrogens (tertiary/aromatic N) is 2. The molecular formula is C21H29N3O2. The highest BCUT2D eigenvalue weighted by molar-refractivity contribution is 5.77. The number of carbonyl (C=O) groups is 1. The Bertz CT molecular complexity index is 689. The molecular weight excluding hydrogens is 326 g/mol. The van der Waals surface area contributed by atoms with E-state index in [-0.39, 0.29) is 12.5 Å². The van der Waals surface area contributed by atoms with E-state index in [1.807, 2.05) is 36.5 Å². The zero-order valence-corrected chi connectivity index (χ0v) is 15.6. The lowest BCUT2D eigenvalue weighted by atomic mass is 10.1. The molecule has 1 aliphatic rings. The Morgan fingerprint density at radius 1 is 1.19 bits per heavy atom. The topological polar surface area (TPSA) is 56.1 Å². The van der Waals surface area contributed by atoms with Crippen molar-refractivity contribution in [3.8, 4) is 5.75 Å². The van der Waals surface area contributed by atoms with Crippen LogP contribution in [0.1, 0.15) is 56.1 Å². The van der Waals surface area contributed by atoms with E-state index in [0.717, 1.165) is 12.2 Å². The largest absolute Gasteiger partial charge is 0.484 e. The fourth-order valence-electron chi connectivity index (χ4n) is 3.73. The van der Waals surface area contributed by atoms with Crippen LogP contribution in [-0.2, 0) is 11.2 Å². The normalized spacial score (nSPS) is 15.4. The van der Waals surface area contributed by atoms with Gasteiger partial charge in [-0.2, -0.15) is 0 Å². The van der Waals surface area contributed by atoms with Crippen molar-refractivity contribution < 1.29 is 9.53 Å². The van der Waals surface area contributed by atoms with E-state index in [4.69, 9.17) is 4.74 Å². The summed E-state index contributed by atoms with van der Waals surface area (Å²) in [4.78, 5) is 16.6. The molecule has 0 unspecified atom stereocenters. The molecule has 0 atom stereocenters. The number of carbonyl (C=O) groups excluding carboxylic acids is 1. The summed E-state index contributed by atoms with van der Waals surface area (Å²) < 4.78 is 7.88. The van der Waals surface area contributed by atoms with Gasteiger partial charge in [-0.05, 0) is 31.9 Å². The van der Waals surface area contributed by atoms with Crippen LogP contribution in [0.25, 0.3) is 0 Å². The quantitative estimate of drug-likeness (QED) is 0.768. The van der Waals surface area contributed by atoms with Gasteiger partial charge in [0.05, 0.1) is 0 Å². The van der Waals surface area contributed by atoms with Gasteiger partial charge in [-0.15, -0.1) is 0 Å². The summed E-state index contributed by atoms with van der Waals surface area (Å²) in [6.45, 7) is 2.76. The van der Waals surface area contributed by atoms with Crippen molar-refractivity contribution in [1.82, 2.24) is 14.9 Å². The van der Waals surface area contributed by atoms with Crippen molar-refractivity contribution in [3.05, 3.63) is 48.0 Å². The summed E-state index contributed by atoms with van der Waals surface area (Å²) in [6, 6.07) is 9.96. The Balaban J connectivity index is 1.48. The number of nitrogens with one attached hydrogen (secondary N) is 1. The monoisotopic (exact) mass is 355 g/mol. The summed E-state index contributed by atoms with van der Waals surface area (Å²) >= 11 is 0. The van der Waals surface area contributed by atoms with E-state index in [1.54, 1.807) is 0 Å². The molecule has 26 heavy (non-hydrogen) atoms. The fourth-order valence-corrected chi connectivity index (χ4v) is 3.73. The molecule has 2 aromatic rings. The number of amides is 1. The molecule has 0 aliphatic heterocycles. The first kappa shape index (κ1) is 18.5. The summed E-state index contributed by atoms with van der Waals surface area (Å²) in [7, 11) is 0. The number of hydrogen-bond donors (Lipinski definition) is 1. The third-order valence-electron chi connectivity index (χ3n) is 5.03. The van der Waals surface area contributed by atoms with Crippen LogP contribution in [0.4, 0.5) is 0 Å². The predicted molar refractivity (Wildman–Crippen MR) is 102 cm³/mol. The van der Waals surface area contributed by atoms with Gasteiger partial charge < -0.3 is 14.6 Å². The standard InChI is InChI=1S/C21H29N3O2/c1-17-15-23-20(24(17)18-9-5-2-3-6-10-18)13-14-22-21(25)16-26-19-11-7-4-8-12-19/h4,7-8,11-12,15,18H,2-3,5-6,9-10,13-14,16H2,1H3,(H,22,25). The highest BCUT2D eigenvalue weighted by atomic mass is 16.5. The van der Waals surface area contributed by atoms with Gasteiger partial charge in [-0.3, -0.25) is 4.79 Å². The maximum atomic E-state index is 12.0. The van der Waals surface area contributed by atoms with Gasteiger partial charge in [-0.25, -0.2) is 4.98 Å². The first-order valence-electron chi connectivity index (χ1n) is 9.71. The van der Waals surface area contributed by atoms with Crippen LogP contribution in [0.15, 0.2) is 36.5 Å². The van der Waals surface area contributed by atoms with E-state index >= 15 is 0 Å². The molecule has 0 radical (unpaired) electrons. The lowest BCUT2D eigenvalue weighted by molar-refractivity contribution is -0.123. The molecule has 1 amide bonds. The predicted octanol–water partition coefficient (Wildman–Crippen LogP) is 3.82. The number of aromatic nitrogens is 2. The van der Waals surface area contributed by atoms with E-state index < -0.39 is 0 Å². The number of aryl methyl sites for hydroxylation is 1. The average Bonchev–Trinajstić information content (AvgIpc) is 2.86. The van der Waals surface area contributed by atoms with Crippen LogP contribution in [0, 0.1) is 6.92 Å². The van der Waals surface area contributed by atoms with Gasteiger partial charge >= 0.3 is 0 Å². The second-order valence-corrected chi connectivity index (χ2v) is 7.03. The average molecular weight is 355 g/mol. The Morgan fingerprint density at radius 2 is 1.92 bits per heavy atom. The lowest BCUT2D eigenvalue weighted by Crippen LogP contribution is -2.31. The first-order valence-corrected chi connectivity index (χ1v) is 9.71. The second kappa shape index (κ2) is 9.41. The molecule has 0 saturated heterocycles. The van der Waals surface area contributed by atoms with Gasteiger partial charge in [-0.1, -0.05) is 43.9 Å². The molecule has 0 spiro atoms. The number of imidazole rings is 1. The summed E-state index contributed by atoms with van der Waals surface area (Å²) in [5.41, 5.74) is 1.23. The van der Waals surface area contributed by atoms with Crippen molar-refractivity contribution in [2.24, 2.45) is 0 Å². The van der Waals surface area contributed by atoms with Crippen LogP contribution in [0.2, 0.25) is 0 Å². The van der Waals surface area contributed by atoms with Crippen LogP contribution in [0.3, 0.4) is 0 Å².